The van der Waals surface area contributed by atoms with Crippen LogP contribution in [0.2, 0.25) is 0 Å². The minimum absolute atomic E-state index is 0.191. The van der Waals surface area contributed by atoms with Gasteiger partial charge in [-0.1, -0.05) is 98.9 Å². The molecule has 0 radical (unpaired) electrons. The first kappa shape index (κ1) is 23.1. The molecule has 0 spiro atoms. The predicted octanol–water partition coefficient (Wildman–Crippen LogP) is 7.68. The van der Waals surface area contributed by atoms with E-state index >= 15 is 0 Å². The lowest BCUT2D eigenvalue weighted by molar-refractivity contribution is 0.713. The maximum absolute atomic E-state index is 3.41. The zero-order valence-electron chi connectivity index (χ0n) is 17.7. The first-order chi connectivity index (χ1) is 9.97. The Hall–Kier alpha value is 0.140. The van der Waals surface area contributed by atoms with Crippen LogP contribution in [-0.2, 0) is 0 Å². The molecule has 1 N–H and O–H groups in total. The summed E-state index contributed by atoms with van der Waals surface area (Å²) in [7, 11) is -0.383. The molecule has 0 aromatic carbocycles. The van der Waals surface area contributed by atoms with Gasteiger partial charge in [0.2, 0.25) is 0 Å². The second kappa shape index (κ2) is 8.01. The smallest absolute Gasteiger partial charge is 0.000971 e. The Morgan fingerprint density at radius 1 is 0.478 bits per heavy atom. The van der Waals surface area contributed by atoms with Gasteiger partial charge in [0.15, 0.2) is 0 Å². The fraction of sp³-hybridized carbons (Fsp3) is 0.800. The molecule has 0 aliphatic carbocycles. The van der Waals surface area contributed by atoms with Gasteiger partial charge in [0.05, 0.1) is 0 Å². The lowest BCUT2D eigenvalue weighted by Gasteiger charge is -2.39. The van der Waals surface area contributed by atoms with E-state index in [-0.39, 0.29) is 15.8 Å². The molecule has 0 aliphatic heterocycles. The van der Waals surface area contributed by atoms with Crippen molar-refractivity contribution in [2.24, 2.45) is 0 Å². The summed E-state index contributed by atoms with van der Waals surface area (Å²) in [5.41, 5.74) is 0. The minimum atomic E-state index is -0.191. The molecule has 0 aromatic heterocycles. The first-order valence-electron chi connectivity index (χ1n) is 8.65. The third-order valence-corrected chi connectivity index (χ3v) is 10.2. The molecular weight excluding hydrogens is 316 g/mol. The van der Waals surface area contributed by atoms with Gasteiger partial charge in [0.1, 0.15) is 0 Å². The van der Waals surface area contributed by atoms with Crippen molar-refractivity contribution in [3.63, 3.8) is 0 Å². The zero-order valence-corrected chi connectivity index (χ0v) is 19.5. The van der Waals surface area contributed by atoms with Crippen molar-refractivity contribution in [1.29, 1.82) is 0 Å². The van der Waals surface area contributed by atoms with E-state index in [0.29, 0.717) is 20.6 Å². The highest BCUT2D eigenvalue weighted by Crippen LogP contribution is 2.61. The van der Waals surface area contributed by atoms with Crippen LogP contribution in [0.15, 0.2) is 24.0 Å². The van der Waals surface area contributed by atoms with Gasteiger partial charge in [-0.05, 0) is 32.3 Å². The third-order valence-electron chi connectivity index (χ3n) is 3.53. The van der Waals surface area contributed by atoms with E-state index in [1.54, 1.807) is 0 Å². The third kappa shape index (κ3) is 8.69. The summed E-state index contributed by atoms with van der Waals surface area (Å²) in [4.78, 5) is 0. The van der Waals surface area contributed by atoms with Gasteiger partial charge in [0.25, 0.3) is 0 Å². The molecule has 0 aliphatic rings. The summed E-state index contributed by atoms with van der Waals surface area (Å²) in [6, 6.07) is 0. The molecule has 0 fully saturated rings. The minimum Gasteiger partial charge on any atom is -0.368 e. The number of hydrogen-bond donors (Lipinski definition) is 1. The zero-order chi connectivity index (χ0) is 18.7. The van der Waals surface area contributed by atoms with E-state index < -0.39 is 0 Å². The van der Waals surface area contributed by atoms with Gasteiger partial charge in [-0.25, -0.2) is 0 Å². The lowest BCUT2D eigenvalue weighted by atomic mass is 10.2. The Morgan fingerprint density at radius 3 is 0.870 bits per heavy atom. The normalized spacial score (nSPS) is 15.4. The quantitative estimate of drug-likeness (QED) is 0.509. The van der Waals surface area contributed by atoms with Crippen molar-refractivity contribution >= 4 is 15.8 Å². The van der Waals surface area contributed by atoms with E-state index in [2.05, 4.69) is 112 Å². The maximum Gasteiger partial charge on any atom is 0.000971 e. The van der Waals surface area contributed by atoms with E-state index in [0.717, 1.165) is 0 Å². The summed E-state index contributed by atoms with van der Waals surface area (Å²) < 4.78 is 0. The summed E-state index contributed by atoms with van der Waals surface area (Å²) >= 11 is 0. The van der Waals surface area contributed by atoms with Gasteiger partial charge in [-0.15, -0.1) is 0 Å². The maximum atomic E-state index is 3.41. The molecule has 136 valence electrons. The molecule has 0 atom stereocenters. The number of rotatable bonds is 4. The van der Waals surface area contributed by atoms with Crippen LogP contribution in [0.4, 0.5) is 0 Å². The molecule has 0 rings (SSSR count). The first-order valence-corrected chi connectivity index (χ1v) is 11.5. The predicted molar refractivity (Wildman–Crippen MR) is 114 cm³/mol. The van der Waals surface area contributed by atoms with Crippen LogP contribution in [0.1, 0.15) is 83.1 Å². The Morgan fingerprint density at radius 2 is 0.696 bits per heavy atom. The van der Waals surface area contributed by atoms with Crippen LogP contribution >= 0.6 is 15.8 Å². The lowest BCUT2D eigenvalue weighted by Crippen LogP contribution is -2.24. The summed E-state index contributed by atoms with van der Waals surface area (Å²) in [6.07, 6.45) is 4.30. The van der Waals surface area contributed by atoms with E-state index in [1.165, 1.54) is 0 Å². The molecule has 0 unspecified atom stereocenters. The highest BCUT2D eigenvalue weighted by atomic mass is 31.1. The molecule has 0 amide bonds. The van der Waals surface area contributed by atoms with Crippen molar-refractivity contribution < 1.29 is 0 Å². The van der Waals surface area contributed by atoms with Crippen molar-refractivity contribution in [3.05, 3.63) is 24.0 Å². The van der Waals surface area contributed by atoms with Gasteiger partial charge >= 0.3 is 0 Å². The van der Waals surface area contributed by atoms with Crippen LogP contribution in [-0.4, -0.2) is 20.6 Å². The molecule has 0 saturated heterocycles. The van der Waals surface area contributed by atoms with Crippen molar-refractivity contribution in [2.45, 2.75) is 104 Å². The number of hydrogen-bond acceptors (Lipinski definition) is 1. The van der Waals surface area contributed by atoms with Gasteiger partial charge < -0.3 is 5.32 Å². The molecule has 1 nitrogen and oxygen atoms in total. The van der Waals surface area contributed by atoms with Gasteiger partial charge in [0, 0.05) is 12.4 Å². The van der Waals surface area contributed by atoms with Crippen molar-refractivity contribution in [2.75, 3.05) is 0 Å². The van der Waals surface area contributed by atoms with Crippen molar-refractivity contribution in [1.82, 2.24) is 5.32 Å². The van der Waals surface area contributed by atoms with Gasteiger partial charge in [-0.3, -0.25) is 0 Å². The summed E-state index contributed by atoms with van der Waals surface area (Å²) in [5, 5.41) is 4.74. The summed E-state index contributed by atoms with van der Waals surface area (Å²) in [6.45, 7) is 28.2. The fourth-order valence-electron chi connectivity index (χ4n) is 3.20. The molecule has 0 saturated carbocycles. The van der Waals surface area contributed by atoms with E-state index in [4.69, 9.17) is 0 Å². The molecule has 0 bridgehead atoms. The van der Waals surface area contributed by atoms with E-state index in [1.807, 2.05) is 0 Å². The molecule has 0 aromatic rings. The molecule has 3 heteroatoms. The fourth-order valence-corrected chi connectivity index (χ4v) is 9.48. The van der Waals surface area contributed by atoms with Crippen LogP contribution in [0.25, 0.3) is 0 Å². The Balaban J connectivity index is 4.98. The second-order valence-electron chi connectivity index (χ2n) is 10.2. The standard InChI is InChI=1S/C20H41NP2/c1-17(2,3)22(18(4,5)6)15-13-21-14-16-23(19(7,8)9)20(10,11)12/h13-16,21H,1-12H3/b15-13-,16-14-. The van der Waals surface area contributed by atoms with Crippen LogP contribution in [0, 0.1) is 0 Å². The monoisotopic (exact) mass is 357 g/mol. The van der Waals surface area contributed by atoms with Crippen molar-refractivity contribution in [3.8, 4) is 0 Å². The molecule has 23 heavy (non-hydrogen) atoms. The average Bonchev–Trinajstić information content (AvgIpc) is 2.19. The summed E-state index contributed by atoms with van der Waals surface area (Å²) in [5.74, 6) is 4.80. The largest absolute Gasteiger partial charge is 0.368 e. The molecular formula is C20H41NP2. The van der Waals surface area contributed by atoms with Gasteiger partial charge in [-0.2, -0.15) is 0 Å². The Labute approximate surface area is 149 Å². The Kier molecular flexibility index (Phi) is 8.06. The molecule has 0 heterocycles. The second-order valence-corrected chi connectivity index (χ2v) is 17.7. The average molecular weight is 358 g/mol. The number of nitrogens with one attached hydrogen (secondary N) is 1. The highest BCUT2D eigenvalue weighted by molar-refractivity contribution is 7.64. The van der Waals surface area contributed by atoms with Crippen LogP contribution < -0.4 is 5.32 Å². The topological polar surface area (TPSA) is 12.0 Å². The Bertz CT molecular complexity index is 341. The highest BCUT2D eigenvalue weighted by Gasteiger charge is 2.33. The van der Waals surface area contributed by atoms with Crippen LogP contribution in [0.5, 0.6) is 0 Å². The van der Waals surface area contributed by atoms with Crippen LogP contribution in [0.3, 0.4) is 0 Å². The van der Waals surface area contributed by atoms with E-state index in [9.17, 15) is 0 Å². The SMILES string of the molecule is CC(C)(C)P(/C=C\N/C=C\P(C(C)(C)C)C(C)(C)C)C(C)(C)C.